The number of carbonyl (C=O) groups is 1. The number of nitrogens with zero attached hydrogens (tertiary/aromatic N) is 2. The minimum Gasteiger partial charge on any atom is -0.463 e. The number of carboxylic acid groups (broad SMARTS) is 1. The van der Waals surface area contributed by atoms with Crippen LogP contribution in [0, 0.1) is 3.57 Å². The van der Waals surface area contributed by atoms with E-state index in [1.807, 2.05) is 20.8 Å². The maximum absolute atomic E-state index is 10.6. The van der Waals surface area contributed by atoms with Crippen LogP contribution in [0.25, 0.3) is 0 Å². The molecule has 0 aliphatic heterocycles. The zero-order chi connectivity index (χ0) is 10.2. The van der Waals surface area contributed by atoms with Gasteiger partial charge in [0.2, 0.25) is 0 Å². The van der Waals surface area contributed by atoms with E-state index >= 15 is 0 Å². The molecule has 0 amide bonds. The predicted octanol–water partition coefficient (Wildman–Crippen LogP) is 2.31. The van der Waals surface area contributed by atoms with Gasteiger partial charge in [0.05, 0.1) is 15.5 Å². The lowest BCUT2D eigenvalue weighted by molar-refractivity contribution is 0.192. The minimum atomic E-state index is -1.05. The summed E-state index contributed by atoms with van der Waals surface area (Å²) in [6.45, 7) is 6.01. The summed E-state index contributed by atoms with van der Waals surface area (Å²) in [7, 11) is 0. The fourth-order valence-electron chi connectivity index (χ4n) is 0.959. The molecular formula is C8H11IN2O2. The van der Waals surface area contributed by atoms with Crippen LogP contribution in [0.4, 0.5) is 4.79 Å². The van der Waals surface area contributed by atoms with Crippen LogP contribution in [0.3, 0.4) is 0 Å². The van der Waals surface area contributed by atoms with Crippen LogP contribution in [0.2, 0.25) is 0 Å². The first kappa shape index (κ1) is 10.5. The summed E-state index contributed by atoms with van der Waals surface area (Å²) < 4.78 is 1.83. The third-order valence-corrected chi connectivity index (χ3v) is 2.37. The molecule has 0 bridgehead atoms. The second kappa shape index (κ2) is 3.28. The summed E-state index contributed by atoms with van der Waals surface area (Å²) in [5.74, 6) is 0. The van der Waals surface area contributed by atoms with E-state index in [2.05, 4.69) is 27.7 Å². The molecule has 0 atom stereocenters. The van der Waals surface area contributed by atoms with E-state index in [1.54, 1.807) is 0 Å². The molecule has 0 aliphatic rings. The average Bonchev–Trinajstić information content (AvgIpc) is 2.29. The van der Waals surface area contributed by atoms with Gasteiger partial charge in [-0.1, -0.05) is 20.8 Å². The Labute approximate surface area is 90.1 Å². The van der Waals surface area contributed by atoms with E-state index in [4.69, 9.17) is 5.11 Å². The third kappa shape index (κ3) is 2.20. The molecule has 0 saturated carbocycles. The number of halogens is 1. The zero-order valence-electron chi connectivity index (χ0n) is 7.71. The third-order valence-electron chi connectivity index (χ3n) is 1.58. The summed E-state index contributed by atoms with van der Waals surface area (Å²) in [5.41, 5.74) is 0.701. The Morgan fingerprint density at radius 1 is 1.62 bits per heavy atom. The normalized spacial score (nSPS) is 11.7. The van der Waals surface area contributed by atoms with Crippen molar-refractivity contribution in [3.8, 4) is 0 Å². The fraction of sp³-hybridized carbons (Fsp3) is 0.500. The van der Waals surface area contributed by atoms with E-state index in [1.165, 1.54) is 6.20 Å². The molecule has 1 rings (SSSR count). The monoisotopic (exact) mass is 294 g/mol. The van der Waals surface area contributed by atoms with Gasteiger partial charge in [-0.2, -0.15) is 9.78 Å². The maximum atomic E-state index is 10.6. The smallest absolute Gasteiger partial charge is 0.432 e. The van der Waals surface area contributed by atoms with Gasteiger partial charge < -0.3 is 5.11 Å². The molecule has 1 aromatic rings. The largest absolute Gasteiger partial charge is 0.463 e. The Morgan fingerprint density at radius 3 is 2.38 bits per heavy atom. The van der Waals surface area contributed by atoms with Crippen molar-refractivity contribution in [1.29, 1.82) is 0 Å². The van der Waals surface area contributed by atoms with E-state index in [0.29, 0.717) is 0 Å². The van der Waals surface area contributed by atoms with E-state index in [-0.39, 0.29) is 5.41 Å². The van der Waals surface area contributed by atoms with Crippen molar-refractivity contribution in [3.63, 3.8) is 0 Å². The highest BCUT2D eigenvalue weighted by Crippen LogP contribution is 2.25. The molecule has 0 saturated heterocycles. The van der Waals surface area contributed by atoms with Crippen LogP contribution in [0.1, 0.15) is 26.5 Å². The molecule has 0 spiro atoms. The fourth-order valence-corrected chi connectivity index (χ4v) is 2.14. The van der Waals surface area contributed by atoms with Crippen molar-refractivity contribution < 1.29 is 9.90 Å². The quantitative estimate of drug-likeness (QED) is 0.747. The van der Waals surface area contributed by atoms with Crippen LogP contribution in [0.15, 0.2) is 6.20 Å². The van der Waals surface area contributed by atoms with Gasteiger partial charge in [0.1, 0.15) is 0 Å². The van der Waals surface area contributed by atoms with Crippen molar-refractivity contribution in [3.05, 3.63) is 15.5 Å². The lowest BCUT2D eigenvalue weighted by Crippen LogP contribution is -2.15. The van der Waals surface area contributed by atoms with E-state index < -0.39 is 6.09 Å². The summed E-state index contributed by atoms with van der Waals surface area (Å²) in [5, 5.41) is 12.7. The van der Waals surface area contributed by atoms with E-state index in [0.717, 1.165) is 13.9 Å². The molecule has 13 heavy (non-hydrogen) atoms. The molecule has 72 valence electrons. The standard InChI is InChI=1S/C8H11IN2O2/c1-8(2,3)6-5(9)4-11(10-6)7(12)13/h4H,1-3H3,(H,12,13). The minimum absolute atomic E-state index is 0.114. The van der Waals surface area contributed by atoms with Gasteiger partial charge in [0, 0.05) is 5.41 Å². The highest BCUT2D eigenvalue weighted by molar-refractivity contribution is 14.1. The van der Waals surface area contributed by atoms with Gasteiger partial charge in [-0.3, -0.25) is 0 Å². The molecule has 0 radical (unpaired) electrons. The van der Waals surface area contributed by atoms with Gasteiger partial charge >= 0.3 is 6.09 Å². The average molecular weight is 294 g/mol. The van der Waals surface area contributed by atoms with Crippen LogP contribution >= 0.6 is 22.6 Å². The van der Waals surface area contributed by atoms with Gasteiger partial charge in [-0.25, -0.2) is 4.79 Å². The number of hydrogen-bond acceptors (Lipinski definition) is 2. The maximum Gasteiger partial charge on any atom is 0.432 e. The Morgan fingerprint density at radius 2 is 2.15 bits per heavy atom. The number of hydrogen-bond donors (Lipinski definition) is 1. The Balaban J connectivity index is 3.18. The summed E-state index contributed by atoms with van der Waals surface area (Å²) >= 11 is 2.09. The van der Waals surface area contributed by atoms with Gasteiger partial charge in [0.15, 0.2) is 0 Å². The van der Waals surface area contributed by atoms with E-state index in [9.17, 15) is 4.79 Å². The van der Waals surface area contributed by atoms with Crippen LogP contribution in [-0.4, -0.2) is 21.0 Å². The zero-order valence-corrected chi connectivity index (χ0v) is 9.86. The first-order valence-electron chi connectivity index (χ1n) is 3.81. The highest BCUT2D eigenvalue weighted by Gasteiger charge is 2.22. The lowest BCUT2D eigenvalue weighted by atomic mass is 9.93. The molecule has 0 aromatic carbocycles. The molecule has 1 N–H and O–H groups in total. The van der Waals surface area contributed by atoms with Gasteiger partial charge in [0.25, 0.3) is 0 Å². The van der Waals surface area contributed by atoms with Crippen LogP contribution in [-0.2, 0) is 5.41 Å². The summed E-state index contributed by atoms with van der Waals surface area (Å²) in [4.78, 5) is 10.6. The molecule has 0 aliphatic carbocycles. The Hall–Kier alpha value is -0.590. The van der Waals surface area contributed by atoms with Crippen molar-refractivity contribution >= 4 is 28.7 Å². The van der Waals surface area contributed by atoms with Crippen molar-refractivity contribution in [2.24, 2.45) is 0 Å². The van der Waals surface area contributed by atoms with Crippen LogP contribution < -0.4 is 0 Å². The van der Waals surface area contributed by atoms with Crippen molar-refractivity contribution in [2.75, 3.05) is 0 Å². The SMILES string of the molecule is CC(C)(C)c1nn(C(=O)O)cc1I. The van der Waals surface area contributed by atoms with Gasteiger partial charge in [-0.15, -0.1) is 0 Å². The molecule has 0 fully saturated rings. The van der Waals surface area contributed by atoms with Crippen LogP contribution in [0.5, 0.6) is 0 Å². The van der Waals surface area contributed by atoms with Crippen molar-refractivity contribution in [2.45, 2.75) is 26.2 Å². The summed E-state index contributed by atoms with van der Waals surface area (Å²) in [6, 6.07) is 0. The van der Waals surface area contributed by atoms with Gasteiger partial charge in [-0.05, 0) is 22.6 Å². The second-order valence-electron chi connectivity index (χ2n) is 3.80. The molecule has 5 heteroatoms. The second-order valence-corrected chi connectivity index (χ2v) is 4.96. The lowest BCUT2D eigenvalue weighted by Gasteiger charge is -2.15. The first-order chi connectivity index (χ1) is 5.82. The number of rotatable bonds is 0. The summed E-state index contributed by atoms with van der Waals surface area (Å²) in [6.07, 6.45) is 0.470. The Kier molecular flexibility index (Phi) is 2.65. The molecule has 1 heterocycles. The molecule has 1 aromatic heterocycles. The predicted molar refractivity (Wildman–Crippen MR) is 57.1 cm³/mol. The number of aromatic nitrogens is 2. The highest BCUT2D eigenvalue weighted by atomic mass is 127. The molecular weight excluding hydrogens is 283 g/mol. The first-order valence-corrected chi connectivity index (χ1v) is 4.89. The molecule has 0 unspecified atom stereocenters. The van der Waals surface area contributed by atoms with Crippen molar-refractivity contribution in [1.82, 2.24) is 9.78 Å². The topological polar surface area (TPSA) is 55.1 Å². The molecule has 4 nitrogen and oxygen atoms in total. The Bertz CT molecular complexity index is 338.